The number of carbonyl (C=O) groups excluding carboxylic acids is 1. The maximum absolute atomic E-state index is 13.1. The van der Waals surface area contributed by atoms with Crippen LogP contribution >= 0.6 is 11.6 Å². The molecule has 0 spiro atoms. The molecule has 2 aliphatic heterocycles. The molecule has 1 fully saturated rings. The zero-order chi connectivity index (χ0) is 20.6. The third-order valence-corrected chi connectivity index (χ3v) is 7.43. The van der Waals surface area contributed by atoms with Crippen LogP contribution in [0.3, 0.4) is 0 Å². The van der Waals surface area contributed by atoms with Crippen LogP contribution in [-0.2, 0) is 14.6 Å². The number of benzene rings is 1. The molecule has 1 aromatic heterocycles. The fraction of sp³-hybridized carbons (Fsp3) is 0.400. The molecule has 0 unspecified atom stereocenters. The molecule has 1 aromatic carbocycles. The monoisotopic (exact) mass is 435 g/mol. The van der Waals surface area contributed by atoms with Crippen molar-refractivity contribution in [1.82, 2.24) is 9.91 Å². The van der Waals surface area contributed by atoms with Crippen LogP contribution in [0.1, 0.15) is 30.2 Å². The summed E-state index contributed by atoms with van der Waals surface area (Å²) >= 11 is 5.98. The number of furan rings is 1. The van der Waals surface area contributed by atoms with Crippen molar-refractivity contribution in [3.8, 4) is 0 Å². The molecule has 2 atom stereocenters. The summed E-state index contributed by atoms with van der Waals surface area (Å²) in [6, 6.07) is 10.5. The quantitative estimate of drug-likeness (QED) is 0.721. The summed E-state index contributed by atoms with van der Waals surface area (Å²) in [6.45, 7) is 0.0921. The third-order valence-electron chi connectivity index (χ3n) is 5.43. The van der Waals surface area contributed by atoms with Crippen LogP contribution in [0.25, 0.3) is 0 Å². The lowest BCUT2D eigenvalue weighted by Gasteiger charge is -2.26. The van der Waals surface area contributed by atoms with Gasteiger partial charge in [0.15, 0.2) is 9.84 Å². The molecular weight excluding hydrogens is 414 g/mol. The highest BCUT2D eigenvalue weighted by Crippen LogP contribution is 2.33. The first kappa shape index (κ1) is 20.1. The largest absolute Gasteiger partial charge is 0.467 e. The number of halogens is 1. The number of hydrogen-bond donors (Lipinski definition) is 0. The number of amides is 1. The fourth-order valence-corrected chi connectivity index (χ4v) is 5.73. The van der Waals surface area contributed by atoms with Crippen molar-refractivity contribution in [3.05, 3.63) is 59.0 Å². The molecule has 2 aromatic rings. The van der Waals surface area contributed by atoms with Crippen LogP contribution in [0.4, 0.5) is 0 Å². The van der Waals surface area contributed by atoms with Gasteiger partial charge >= 0.3 is 0 Å². The first-order chi connectivity index (χ1) is 13.8. The number of hydrazone groups is 1. The van der Waals surface area contributed by atoms with Crippen LogP contribution in [0, 0.1) is 0 Å². The van der Waals surface area contributed by atoms with E-state index in [0.29, 0.717) is 23.6 Å². The van der Waals surface area contributed by atoms with Gasteiger partial charge in [-0.2, -0.15) is 5.10 Å². The second kappa shape index (κ2) is 7.93. The van der Waals surface area contributed by atoms with Crippen LogP contribution in [0.15, 0.2) is 52.2 Å². The van der Waals surface area contributed by atoms with Gasteiger partial charge in [0.05, 0.1) is 30.0 Å². The van der Waals surface area contributed by atoms with Gasteiger partial charge in [0.2, 0.25) is 0 Å². The van der Waals surface area contributed by atoms with Crippen molar-refractivity contribution in [3.63, 3.8) is 0 Å². The van der Waals surface area contributed by atoms with Gasteiger partial charge in [-0.3, -0.25) is 9.69 Å². The van der Waals surface area contributed by atoms with E-state index in [0.717, 1.165) is 11.3 Å². The summed E-state index contributed by atoms with van der Waals surface area (Å²) in [4.78, 5) is 14.9. The number of rotatable bonds is 5. The molecule has 0 saturated carbocycles. The van der Waals surface area contributed by atoms with E-state index in [-0.39, 0.29) is 36.0 Å². The molecule has 1 amide bonds. The van der Waals surface area contributed by atoms with Crippen molar-refractivity contribution in [2.45, 2.75) is 24.9 Å². The highest BCUT2D eigenvalue weighted by Gasteiger charge is 2.37. The first-order valence-electron chi connectivity index (χ1n) is 9.42. The number of nitrogens with zero attached hydrogens (tertiary/aromatic N) is 3. The van der Waals surface area contributed by atoms with Crippen LogP contribution < -0.4 is 0 Å². The topological polar surface area (TPSA) is 83.2 Å². The van der Waals surface area contributed by atoms with Crippen molar-refractivity contribution in [1.29, 1.82) is 0 Å². The third kappa shape index (κ3) is 4.39. The van der Waals surface area contributed by atoms with Gasteiger partial charge in [0, 0.05) is 17.5 Å². The van der Waals surface area contributed by atoms with Crippen molar-refractivity contribution in [2.75, 3.05) is 25.1 Å². The minimum atomic E-state index is -3.01. The van der Waals surface area contributed by atoms with Gasteiger partial charge in [-0.15, -0.1) is 0 Å². The molecule has 1 saturated heterocycles. The van der Waals surface area contributed by atoms with Crippen LogP contribution in [0.5, 0.6) is 0 Å². The van der Waals surface area contributed by atoms with E-state index in [9.17, 15) is 13.2 Å². The summed E-state index contributed by atoms with van der Waals surface area (Å²) in [5.74, 6) is 0.741. The number of sulfone groups is 1. The SMILES string of the molecule is CN(CC(=O)N1N=C(c2ccc(Cl)cc2)C[C@H]1c1ccco1)[C@H]1CCS(=O)(=O)C1. The zero-order valence-corrected chi connectivity index (χ0v) is 17.6. The molecule has 0 radical (unpaired) electrons. The van der Waals surface area contributed by atoms with E-state index in [1.54, 1.807) is 31.5 Å². The fourth-order valence-electron chi connectivity index (χ4n) is 3.80. The minimum absolute atomic E-state index is 0.0921. The summed E-state index contributed by atoms with van der Waals surface area (Å²) in [7, 11) is -1.23. The summed E-state index contributed by atoms with van der Waals surface area (Å²) in [6.07, 6.45) is 2.66. The van der Waals surface area contributed by atoms with E-state index in [4.69, 9.17) is 16.0 Å². The standard InChI is InChI=1S/C20H22ClN3O4S/c1-23(16-8-10-29(26,27)13-16)12-20(25)24-18(19-3-2-9-28-19)11-17(22-24)14-4-6-15(21)7-5-14/h2-7,9,16,18H,8,10-13H2,1H3/t16-,18-/m0/s1. The zero-order valence-electron chi connectivity index (χ0n) is 16.0. The van der Waals surface area contributed by atoms with Gasteiger partial charge in [-0.1, -0.05) is 23.7 Å². The van der Waals surface area contributed by atoms with E-state index in [1.807, 2.05) is 23.1 Å². The highest BCUT2D eigenvalue weighted by molar-refractivity contribution is 7.91. The molecule has 0 aliphatic carbocycles. The number of carbonyl (C=O) groups is 1. The Labute approximate surface area is 174 Å². The van der Waals surface area contributed by atoms with E-state index < -0.39 is 9.84 Å². The summed E-state index contributed by atoms with van der Waals surface area (Å²) in [5.41, 5.74) is 1.68. The molecule has 2 aliphatic rings. The van der Waals surface area contributed by atoms with Crippen molar-refractivity contribution < 1.29 is 17.6 Å². The van der Waals surface area contributed by atoms with Crippen molar-refractivity contribution in [2.24, 2.45) is 5.10 Å². The van der Waals surface area contributed by atoms with E-state index in [2.05, 4.69) is 5.10 Å². The van der Waals surface area contributed by atoms with E-state index in [1.165, 1.54) is 5.01 Å². The Bertz CT molecular complexity index is 1020. The minimum Gasteiger partial charge on any atom is -0.467 e. The maximum Gasteiger partial charge on any atom is 0.257 e. The Morgan fingerprint density at radius 3 is 2.69 bits per heavy atom. The summed E-state index contributed by atoms with van der Waals surface area (Å²) in [5, 5.41) is 6.68. The molecule has 29 heavy (non-hydrogen) atoms. The van der Waals surface area contributed by atoms with Crippen molar-refractivity contribution >= 4 is 33.1 Å². The van der Waals surface area contributed by atoms with Gasteiger partial charge in [0.1, 0.15) is 11.8 Å². The Morgan fingerprint density at radius 2 is 2.07 bits per heavy atom. The molecule has 4 rings (SSSR count). The smallest absolute Gasteiger partial charge is 0.257 e. The van der Waals surface area contributed by atoms with Gasteiger partial charge in [-0.05, 0) is 43.3 Å². The molecular formula is C20H22ClN3O4S. The molecule has 154 valence electrons. The molecule has 9 heteroatoms. The number of hydrogen-bond acceptors (Lipinski definition) is 6. The Morgan fingerprint density at radius 1 is 1.31 bits per heavy atom. The maximum atomic E-state index is 13.1. The predicted molar refractivity (Wildman–Crippen MR) is 111 cm³/mol. The lowest BCUT2D eigenvalue weighted by Crippen LogP contribution is -2.41. The van der Waals surface area contributed by atoms with Crippen LogP contribution in [-0.4, -0.2) is 61.1 Å². The lowest BCUT2D eigenvalue weighted by molar-refractivity contribution is -0.134. The Hall–Kier alpha value is -2.16. The Balaban J connectivity index is 1.54. The molecule has 0 N–H and O–H groups in total. The lowest BCUT2D eigenvalue weighted by atomic mass is 10.0. The van der Waals surface area contributed by atoms with E-state index >= 15 is 0 Å². The van der Waals surface area contributed by atoms with Crippen LogP contribution in [0.2, 0.25) is 5.02 Å². The van der Waals surface area contributed by atoms with Gasteiger partial charge in [0.25, 0.3) is 5.91 Å². The van der Waals surface area contributed by atoms with Gasteiger partial charge < -0.3 is 4.42 Å². The second-order valence-electron chi connectivity index (χ2n) is 7.50. The normalized spacial score (nSPS) is 23.6. The molecule has 3 heterocycles. The van der Waals surface area contributed by atoms with Gasteiger partial charge in [-0.25, -0.2) is 13.4 Å². The average molecular weight is 436 g/mol. The average Bonchev–Trinajstić information content (AvgIpc) is 3.40. The number of likely N-dealkylation sites (N-methyl/N-ethyl adjacent to an activating group) is 1. The molecule has 7 nitrogen and oxygen atoms in total. The Kier molecular flexibility index (Phi) is 5.50. The summed E-state index contributed by atoms with van der Waals surface area (Å²) < 4.78 is 29.1. The first-order valence-corrected chi connectivity index (χ1v) is 11.6. The second-order valence-corrected chi connectivity index (χ2v) is 10.2. The predicted octanol–water partition coefficient (Wildman–Crippen LogP) is 2.73. The highest BCUT2D eigenvalue weighted by atomic mass is 35.5. The molecule has 0 bridgehead atoms.